The molecular formula is C20H22FNO5. The van der Waals surface area contributed by atoms with Gasteiger partial charge in [-0.2, -0.15) is 0 Å². The monoisotopic (exact) mass is 375 g/mol. The largest absolute Gasteiger partial charge is 0.497 e. The van der Waals surface area contributed by atoms with Gasteiger partial charge in [0.05, 0.1) is 19.8 Å². The molecule has 1 amide bonds. The maximum atomic E-state index is 13.3. The second kappa shape index (κ2) is 9.56. The van der Waals surface area contributed by atoms with Gasteiger partial charge in [0.2, 0.25) is 0 Å². The van der Waals surface area contributed by atoms with Crippen LogP contribution in [0.1, 0.15) is 22.8 Å². The standard InChI is InChI=1S/C20H22FNO5/c1-4-22(12-14-6-5-7-16(21)8-14)19(23)13-27-20(24)15-9-17(25-2)11-18(10-15)26-3/h5-11H,4,12-13H2,1-3H3. The minimum Gasteiger partial charge on any atom is -0.497 e. The number of benzene rings is 2. The summed E-state index contributed by atoms with van der Waals surface area (Å²) >= 11 is 0. The number of likely N-dealkylation sites (N-methyl/N-ethyl adjacent to an activating group) is 1. The Morgan fingerprint density at radius 1 is 1.04 bits per heavy atom. The molecule has 0 radical (unpaired) electrons. The average Bonchev–Trinajstić information content (AvgIpc) is 2.69. The van der Waals surface area contributed by atoms with Crippen molar-refractivity contribution in [3.05, 3.63) is 59.4 Å². The van der Waals surface area contributed by atoms with Gasteiger partial charge in [0.1, 0.15) is 17.3 Å². The topological polar surface area (TPSA) is 65.1 Å². The van der Waals surface area contributed by atoms with Crippen molar-refractivity contribution in [2.75, 3.05) is 27.4 Å². The molecule has 27 heavy (non-hydrogen) atoms. The van der Waals surface area contributed by atoms with Gasteiger partial charge in [0, 0.05) is 19.2 Å². The fraction of sp³-hybridized carbons (Fsp3) is 0.300. The second-order valence-electron chi connectivity index (χ2n) is 5.72. The molecular weight excluding hydrogens is 353 g/mol. The number of halogens is 1. The van der Waals surface area contributed by atoms with Gasteiger partial charge in [0.15, 0.2) is 6.61 Å². The summed E-state index contributed by atoms with van der Waals surface area (Å²) in [5, 5.41) is 0. The molecule has 0 aliphatic carbocycles. The van der Waals surface area contributed by atoms with Gasteiger partial charge in [-0.1, -0.05) is 12.1 Å². The summed E-state index contributed by atoms with van der Waals surface area (Å²) in [6.07, 6.45) is 0. The molecule has 0 aliphatic heterocycles. The molecule has 144 valence electrons. The molecule has 0 unspecified atom stereocenters. The van der Waals surface area contributed by atoms with Crippen molar-refractivity contribution in [2.45, 2.75) is 13.5 Å². The third kappa shape index (κ3) is 5.70. The Balaban J connectivity index is 1.99. The number of carbonyl (C=O) groups is 2. The maximum Gasteiger partial charge on any atom is 0.338 e. The van der Waals surface area contributed by atoms with E-state index in [0.717, 1.165) is 0 Å². The number of ether oxygens (including phenoxy) is 3. The predicted octanol–water partition coefficient (Wildman–Crippen LogP) is 3.05. The third-order valence-electron chi connectivity index (χ3n) is 3.91. The summed E-state index contributed by atoms with van der Waals surface area (Å²) in [6, 6.07) is 10.6. The van der Waals surface area contributed by atoms with E-state index in [9.17, 15) is 14.0 Å². The zero-order valence-electron chi connectivity index (χ0n) is 15.5. The van der Waals surface area contributed by atoms with E-state index >= 15 is 0 Å². The Bertz CT molecular complexity index is 786. The van der Waals surface area contributed by atoms with Crippen LogP contribution >= 0.6 is 0 Å². The van der Waals surface area contributed by atoms with E-state index in [1.54, 1.807) is 25.1 Å². The Labute approximate surface area is 157 Å². The van der Waals surface area contributed by atoms with Crippen LogP contribution in [0.2, 0.25) is 0 Å². The molecule has 0 saturated carbocycles. The third-order valence-corrected chi connectivity index (χ3v) is 3.91. The van der Waals surface area contributed by atoms with Crippen LogP contribution in [-0.4, -0.2) is 44.1 Å². The highest BCUT2D eigenvalue weighted by Crippen LogP contribution is 2.23. The molecule has 0 N–H and O–H groups in total. The minimum atomic E-state index is -0.664. The molecule has 0 saturated heterocycles. The molecule has 7 heteroatoms. The number of carbonyl (C=O) groups excluding carboxylic acids is 2. The number of hydrogen-bond donors (Lipinski definition) is 0. The second-order valence-corrected chi connectivity index (χ2v) is 5.72. The molecule has 0 bridgehead atoms. The quantitative estimate of drug-likeness (QED) is 0.664. The summed E-state index contributed by atoms with van der Waals surface area (Å²) in [5.41, 5.74) is 0.876. The zero-order valence-corrected chi connectivity index (χ0v) is 15.5. The Hall–Kier alpha value is -3.09. The summed E-state index contributed by atoms with van der Waals surface area (Å²) in [7, 11) is 2.94. The first kappa shape index (κ1) is 20.2. The van der Waals surface area contributed by atoms with Gasteiger partial charge in [-0.15, -0.1) is 0 Å². The Kier molecular flexibility index (Phi) is 7.16. The smallest absolute Gasteiger partial charge is 0.338 e. The zero-order chi connectivity index (χ0) is 19.8. The molecule has 2 aromatic rings. The van der Waals surface area contributed by atoms with Crippen molar-refractivity contribution in [3.63, 3.8) is 0 Å². The van der Waals surface area contributed by atoms with Crippen molar-refractivity contribution in [2.24, 2.45) is 0 Å². The lowest BCUT2D eigenvalue weighted by atomic mass is 10.2. The van der Waals surface area contributed by atoms with E-state index in [1.165, 1.54) is 43.4 Å². The number of amides is 1. The first-order valence-corrected chi connectivity index (χ1v) is 8.39. The van der Waals surface area contributed by atoms with Crippen LogP contribution in [0.3, 0.4) is 0 Å². The maximum absolute atomic E-state index is 13.3. The SMILES string of the molecule is CCN(Cc1cccc(F)c1)C(=O)COC(=O)c1cc(OC)cc(OC)c1. The predicted molar refractivity (Wildman–Crippen MR) is 97.3 cm³/mol. The number of esters is 1. The van der Waals surface area contributed by atoms with Crippen LogP contribution in [0.15, 0.2) is 42.5 Å². The van der Waals surface area contributed by atoms with E-state index in [2.05, 4.69) is 0 Å². The lowest BCUT2D eigenvalue weighted by Crippen LogP contribution is -2.34. The van der Waals surface area contributed by atoms with Gasteiger partial charge in [-0.05, 0) is 36.8 Å². The fourth-order valence-electron chi connectivity index (χ4n) is 2.46. The van der Waals surface area contributed by atoms with Gasteiger partial charge in [0.25, 0.3) is 5.91 Å². The van der Waals surface area contributed by atoms with Crippen LogP contribution in [0, 0.1) is 5.82 Å². The number of methoxy groups -OCH3 is 2. The van der Waals surface area contributed by atoms with Crippen molar-refractivity contribution >= 4 is 11.9 Å². The summed E-state index contributed by atoms with van der Waals surface area (Å²) in [4.78, 5) is 26.1. The highest BCUT2D eigenvalue weighted by molar-refractivity contribution is 5.92. The van der Waals surface area contributed by atoms with Crippen molar-refractivity contribution in [1.82, 2.24) is 4.90 Å². The highest BCUT2D eigenvalue weighted by Gasteiger charge is 2.17. The molecule has 0 spiro atoms. The summed E-state index contributed by atoms with van der Waals surface area (Å²) in [6.45, 7) is 2.02. The van der Waals surface area contributed by atoms with Crippen LogP contribution in [0.4, 0.5) is 4.39 Å². The van der Waals surface area contributed by atoms with Crippen LogP contribution in [0.5, 0.6) is 11.5 Å². The van der Waals surface area contributed by atoms with Crippen molar-refractivity contribution < 1.29 is 28.2 Å². The van der Waals surface area contributed by atoms with Crippen molar-refractivity contribution in [1.29, 1.82) is 0 Å². The van der Waals surface area contributed by atoms with E-state index in [0.29, 0.717) is 23.6 Å². The molecule has 0 aromatic heterocycles. The Morgan fingerprint density at radius 2 is 1.70 bits per heavy atom. The highest BCUT2D eigenvalue weighted by atomic mass is 19.1. The first-order chi connectivity index (χ1) is 13.0. The summed E-state index contributed by atoms with van der Waals surface area (Å²) in [5.74, 6) is -0.524. The van der Waals surface area contributed by atoms with E-state index < -0.39 is 12.6 Å². The van der Waals surface area contributed by atoms with E-state index in [1.807, 2.05) is 0 Å². The van der Waals surface area contributed by atoms with Crippen LogP contribution < -0.4 is 9.47 Å². The van der Waals surface area contributed by atoms with Gasteiger partial charge < -0.3 is 19.1 Å². The van der Waals surface area contributed by atoms with E-state index in [-0.39, 0.29) is 23.8 Å². The lowest BCUT2D eigenvalue weighted by molar-refractivity contribution is -0.134. The van der Waals surface area contributed by atoms with E-state index in [4.69, 9.17) is 14.2 Å². The van der Waals surface area contributed by atoms with Gasteiger partial charge >= 0.3 is 5.97 Å². The normalized spacial score (nSPS) is 10.2. The first-order valence-electron chi connectivity index (χ1n) is 8.39. The molecule has 2 rings (SSSR count). The molecule has 6 nitrogen and oxygen atoms in total. The van der Waals surface area contributed by atoms with Crippen LogP contribution in [-0.2, 0) is 16.1 Å². The van der Waals surface area contributed by atoms with Crippen LogP contribution in [0.25, 0.3) is 0 Å². The minimum absolute atomic E-state index is 0.215. The number of rotatable bonds is 8. The molecule has 0 fully saturated rings. The molecule has 0 heterocycles. The van der Waals surface area contributed by atoms with Gasteiger partial charge in [-0.25, -0.2) is 9.18 Å². The molecule has 0 aliphatic rings. The lowest BCUT2D eigenvalue weighted by Gasteiger charge is -2.21. The fourth-order valence-corrected chi connectivity index (χ4v) is 2.46. The summed E-state index contributed by atoms with van der Waals surface area (Å²) < 4.78 is 28.6. The average molecular weight is 375 g/mol. The van der Waals surface area contributed by atoms with Crippen molar-refractivity contribution in [3.8, 4) is 11.5 Å². The molecule has 2 aromatic carbocycles. The number of nitrogens with zero attached hydrogens (tertiary/aromatic N) is 1. The Morgan fingerprint density at radius 3 is 2.26 bits per heavy atom. The van der Waals surface area contributed by atoms with Gasteiger partial charge in [-0.3, -0.25) is 4.79 Å². The number of hydrogen-bond acceptors (Lipinski definition) is 5. The molecule has 0 atom stereocenters.